The lowest BCUT2D eigenvalue weighted by atomic mass is 9.93. The summed E-state index contributed by atoms with van der Waals surface area (Å²) in [5.74, 6) is -0.133. The van der Waals surface area contributed by atoms with E-state index in [9.17, 15) is 4.79 Å². The van der Waals surface area contributed by atoms with Gasteiger partial charge in [-0.15, -0.1) is 0 Å². The van der Waals surface area contributed by atoms with Gasteiger partial charge in [0.05, 0.1) is 0 Å². The third kappa shape index (κ3) is 3.21. The molecule has 1 unspecified atom stereocenters. The summed E-state index contributed by atoms with van der Waals surface area (Å²) in [6, 6.07) is 15.8. The minimum Gasteiger partial charge on any atom is -0.303 e. The molecule has 0 radical (unpaired) electrons. The summed E-state index contributed by atoms with van der Waals surface area (Å²) in [5, 5.41) is 0.670. The summed E-state index contributed by atoms with van der Waals surface area (Å²) < 4.78 is 0. The van der Waals surface area contributed by atoms with Gasteiger partial charge in [0.25, 0.3) is 0 Å². The van der Waals surface area contributed by atoms with Crippen LogP contribution < -0.4 is 0 Å². The molecule has 18 heavy (non-hydrogen) atoms. The molecule has 0 aromatic heterocycles. The molecule has 0 N–H and O–H groups in total. The SMILES string of the molecule is Cc1ccc(CC(C=O)c2cccc(Cl)c2)cc1. The number of halogens is 1. The summed E-state index contributed by atoms with van der Waals surface area (Å²) in [4.78, 5) is 11.2. The molecule has 0 bridgehead atoms. The van der Waals surface area contributed by atoms with Crippen LogP contribution in [-0.4, -0.2) is 6.29 Å². The molecular weight excluding hydrogens is 244 g/mol. The largest absolute Gasteiger partial charge is 0.303 e. The highest BCUT2D eigenvalue weighted by atomic mass is 35.5. The smallest absolute Gasteiger partial charge is 0.127 e. The normalized spacial score (nSPS) is 12.1. The maximum atomic E-state index is 11.2. The molecule has 0 heterocycles. The Hall–Kier alpha value is -1.60. The van der Waals surface area contributed by atoms with Crippen LogP contribution in [0.15, 0.2) is 48.5 Å². The number of hydrogen-bond acceptors (Lipinski definition) is 1. The molecule has 0 amide bonds. The van der Waals surface area contributed by atoms with Gasteiger partial charge in [-0.1, -0.05) is 53.6 Å². The van der Waals surface area contributed by atoms with Crippen LogP contribution >= 0.6 is 11.6 Å². The minimum atomic E-state index is -0.133. The quantitative estimate of drug-likeness (QED) is 0.752. The first kappa shape index (κ1) is 12.8. The van der Waals surface area contributed by atoms with E-state index in [0.717, 1.165) is 17.4 Å². The zero-order valence-electron chi connectivity index (χ0n) is 10.3. The maximum Gasteiger partial charge on any atom is 0.127 e. The van der Waals surface area contributed by atoms with E-state index in [1.165, 1.54) is 5.56 Å². The van der Waals surface area contributed by atoms with Gasteiger partial charge in [0.1, 0.15) is 6.29 Å². The number of hydrogen-bond donors (Lipinski definition) is 0. The van der Waals surface area contributed by atoms with Crippen molar-refractivity contribution < 1.29 is 4.79 Å². The van der Waals surface area contributed by atoms with Crippen molar-refractivity contribution in [2.75, 3.05) is 0 Å². The predicted octanol–water partition coefficient (Wildman–Crippen LogP) is 4.17. The van der Waals surface area contributed by atoms with Crippen molar-refractivity contribution in [3.05, 3.63) is 70.2 Å². The Kier molecular flexibility index (Phi) is 4.16. The van der Waals surface area contributed by atoms with Crippen LogP contribution in [0, 0.1) is 6.92 Å². The highest BCUT2D eigenvalue weighted by Crippen LogP contribution is 2.22. The van der Waals surface area contributed by atoms with E-state index in [1.807, 2.05) is 24.3 Å². The van der Waals surface area contributed by atoms with E-state index >= 15 is 0 Å². The molecule has 0 spiro atoms. The Labute approximate surface area is 112 Å². The molecule has 1 nitrogen and oxygen atoms in total. The number of rotatable bonds is 4. The van der Waals surface area contributed by atoms with Crippen LogP contribution in [0.2, 0.25) is 5.02 Å². The summed E-state index contributed by atoms with van der Waals surface area (Å²) in [6.07, 6.45) is 1.70. The average molecular weight is 259 g/mol. The van der Waals surface area contributed by atoms with Crippen LogP contribution in [0.25, 0.3) is 0 Å². The predicted molar refractivity (Wildman–Crippen MR) is 75.1 cm³/mol. The summed E-state index contributed by atoms with van der Waals surface area (Å²) in [7, 11) is 0. The van der Waals surface area contributed by atoms with Gasteiger partial charge in [-0.2, -0.15) is 0 Å². The van der Waals surface area contributed by atoms with Gasteiger partial charge in [0.15, 0.2) is 0 Å². The van der Waals surface area contributed by atoms with Crippen molar-refractivity contribution in [1.82, 2.24) is 0 Å². The van der Waals surface area contributed by atoms with Gasteiger partial charge in [0.2, 0.25) is 0 Å². The highest BCUT2D eigenvalue weighted by molar-refractivity contribution is 6.30. The minimum absolute atomic E-state index is 0.133. The third-order valence-electron chi connectivity index (χ3n) is 3.02. The Balaban J connectivity index is 2.19. The number of benzene rings is 2. The van der Waals surface area contributed by atoms with E-state index in [0.29, 0.717) is 11.4 Å². The standard InChI is InChI=1S/C16H15ClO/c1-12-5-7-13(8-6-12)9-15(11-18)14-3-2-4-16(17)10-14/h2-8,10-11,15H,9H2,1H3. The topological polar surface area (TPSA) is 17.1 Å². The summed E-state index contributed by atoms with van der Waals surface area (Å²) in [6.45, 7) is 2.05. The van der Waals surface area contributed by atoms with Gasteiger partial charge in [-0.25, -0.2) is 0 Å². The van der Waals surface area contributed by atoms with E-state index in [-0.39, 0.29) is 5.92 Å². The van der Waals surface area contributed by atoms with E-state index in [1.54, 1.807) is 0 Å². The second kappa shape index (κ2) is 5.83. The number of aryl methyl sites for hydroxylation is 1. The second-order valence-corrected chi connectivity index (χ2v) is 4.92. The first-order valence-corrected chi connectivity index (χ1v) is 6.33. The Morgan fingerprint density at radius 3 is 2.50 bits per heavy atom. The fourth-order valence-electron chi connectivity index (χ4n) is 1.96. The van der Waals surface area contributed by atoms with Crippen LogP contribution in [0.1, 0.15) is 22.6 Å². The maximum absolute atomic E-state index is 11.2. The van der Waals surface area contributed by atoms with Crippen molar-refractivity contribution >= 4 is 17.9 Å². The van der Waals surface area contributed by atoms with Crippen LogP contribution in [0.5, 0.6) is 0 Å². The van der Waals surface area contributed by atoms with Crippen molar-refractivity contribution in [2.24, 2.45) is 0 Å². The Morgan fingerprint density at radius 2 is 1.89 bits per heavy atom. The van der Waals surface area contributed by atoms with Gasteiger partial charge in [-0.05, 0) is 36.6 Å². The van der Waals surface area contributed by atoms with Crippen molar-refractivity contribution in [3.63, 3.8) is 0 Å². The Morgan fingerprint density at radius 1 is 1.17 bits per heavy atom. The second-order valence-electron chi connectivity index (χ2n) is 4.49. The first-order chi connectivity index (χ1) is 8.69. The lowest BCUT2D eigenvalue weighted by molar-refractivity contribution is -0.109. The number of carbonyl (C=O) groups is 1. The molecule has 2 rings (SSSR count). The van der Waals surface area contributed by atoms with Gasteiger partial charge in [0, 0.05) is 10.9 Å². The van der Waals surface area contributed by atoms with Crippen LogP contribution in [-0.2, 0) is 11.2 Å². The molecule has 92 valence electrons. The number of carbonyl (C=O) groups excluding carboxylic acids is 1. The molecule has 0 saturated heterocycles. The van der Waals surface area contributed by atoms with Gasteiger partial charge >= 0.3 is 0 Å². The van der Waals surface area contributed by atoms with Crippen molar-refractivity contribution in [3.8, 4) is 0 Å². The third-order valence-corrected chi connectivity index (χ3v) is 3.25. The van der Waals surface area contributed by atoms with Gasteiger partial charge in [-0.3, -0.25) is 0 Å². The molecule has 2 aromatic carbocycles. The molecular formula is C16H15ClO. The number of aldehydes is 1. The fraction of sp³-hybridized carbons (Fsp3) is 0.188. The lowest BCUT2D eigenvalue weighted by Crippen LogP contribution is -2.04. The molecule has 0 aliphatic carbocycles. The van der Waals surface area contributed by atoms with E-state index in [2.05, 4.69) is 31.2 Å². The molecule has 0 saturated carbocycles. The average Bonchev–Trinajstić information content (AvgIpc) is 2.38. The summed E-state index contributed by atoms with van der Waals surface area (Å²) in [5.41, 5.74) is 3.36. The lowest BCUT2D eigenvalue weighted by Gasteiger charge is -2.11. The molecule has 0 fully saturated rings. The molecule has 0 aliphatic rings. The Bertz CT molecular complexity index is 531. The monoisotopic (exact) mass is 258 g/mol. The first-order valence-electron chi connectivity index (χ1n) is 5.95. The van der Waals surface area contributed by atoms with Crippen molar-refractivity contribution in [2.45, 2.75) is 19.3 Å². The van der Waals surface area contributed by atoms with E-state index in [4.69, 9.17) is 11.6 Å². The fourth-order valence-corrected chi connectivity index (χ4v) is 2.16. The van der Waals surface area contributed by atoms with Crippen LogP contribution in [0.3, 0.4) is 0 Å². The van der Waals surface area contributed by atoms with Crippen LogP contribution in [0.4, 0.5) is 0 Å². The van der Waals surface area contributed by atoms with Crippen molar-refractivity contribution in [1.29, 1.82) is 0 Å². The van der Waals surface area contributed by atoms with E-state index < -0.39 is 0 Å². The summed E-state index contributed by atoms with van der Waals surface area (Å²) >= 11 is 5.95. The zero-order chi connectivity index (χ0) is 13.0. The zero-order valence-corrected chi connectivity index (χ0v) is 11.0. The molecule has 1 atom stereocenters. The molecule has 2 heteroatoms. The molecule has 0 aliphatic heterocycles. The molecule has 2 aromatic rings. The highest BCUT2D eigenvalue weighted by Gasteiger charge is 2.11. The van der Waals surface area contributed by atoms with Gasteiger partial charge < -0.3 is 4.79 Å².